The minimum absolute atomic E-state index is 0.0431. The standard InChI is InChI=1S/C25H31ClF2O5/c1-5-21(32)33-25(20(31)12-26)13(2)8-15-16-10-18(27)17-9-14(29)6-7-22(17,3)24(16,28)19(30)11-23(15,25)4/h6-7,13,15-16,19,30H,5,8-12H2,1-4H3/t13-,15-,16-,19-,22-,23-,24-,25-/m0/s1. The second kappa shape index (κ2) is 7.70. The van der Waals surface area contributed by atoms with E-state index in [1.54, 1.807) is 20.8 Å². The number of Topliss-reactive ketones (excluding diaryl/α,β-unsaturated/α-hetero) is 1. The Hall–Kier alpha value is -1.60. The lowest BCUT2D eigenvalue weighted by Gasteiger charge is -2.62. The summed E-state index contributed by atoms with van der Waals surface area (Å²) in [6.45, 7) is 6.65. The summed E-state index contributed by atoms with van der Waals surface area (Å²) >= 11 is 5.97. The first-order chi connectivity index (χ1) is 15.3. The van der Waals surface area contributed by atoms with Gasteiger partial charge >= 0.3 is 5.97 Å². The Morgan fingerprint density at radius 2 is 1.97 bits per heavy atom. The Bertz CT molecular complexity index is 978. The average molecular weight is 485 g/mol. The van der Waals surface area contributed by atoms with Crippen molar-refractivity contribution in [2.24, 2.45) is 28.6 Å². The van der Waals surface area contributed by atoms with Crippen LogP contribution in [-0.4, -0.2) is 45.9 Å². The summed E-state index contributed by atoms with van der Waals surface area (Å²) in [6, 6.07) is 0. The van der Waals surface area contributed by atoms with Gasteiger partial charge in [-0.05, 0) is 37.3 Å². The number of hydrogen-bond acceptors (Lipinski definition) is 5. The van der Waals surface area contributed by atoms with Crippen LogP contribution in [0.4, 0.5) is 8.78 Å². The maximum atomic E-state index is 17.2. The number of esters is 1. The van der Waals surface area contributed by atoms with Crippen molar-refractivity contribution in [3.63, 3.8) is 0 Å². The number of hydrogen-bond donors (Lipinski definition) is 1. The van der Waals surface area contributed by atoms with Gasteiger partial charge in [-0.25, -0.2) is 8.78 Å². The molecule has 8 heteroatoms. The molecule has 4 aliphatic rings. The largest absolute Gasteiger partial charge is 0.450 e. The molecule has 8 atom stereocenters. The smallest absolute Gasteiger partial charge is 0.306 e. The fourth-order valence-electron chi connectivity index (χ4n) is 7.72. The molecule has 1 N–H and O–H groups in total. The van der Waals surface area contributed by atoms with Crippen molar-refractivity contribution in [1.82, 2.24) is 0 Å². The number of allylic oxidation sites excluding steroid dienone is 4. The first kappa shape index (κ1) is 24.5. The number of rotatable bonds is 4. The number of fused-ring (bicyclic) bond motifs is 5. The highest BCUT2D eigenvalue weighted by atomic mass is 35.5. The first-order valence-corrected chi connectivity index (χ1v) is 12.1. The topological polar surface area (TPSA) is 80.7 Å². The van der Waals surface area contributed by atoms with E-state index in [1.807, 2.05) is 0 Å². The van der Waals surface area contributed by atoms with Crippen molar-refractivity contribution in [3.05, 3.63) is 23.6 Å². The monoisotopic (exact) mass is 484 g/mol. The normalized spacial score (nSPS) is 46.5. The van der Waals surface area contributed by atoms with E-state index >= 15 is 8.78 Å². The summed E-state index contributed by atoms with van der Waals surface area (Å²) in [6.07, 6.45) is 0.803. The average Bonchev–Trinajstić information content (AvgIpc) is 2.98. The number of ether oxygens (including phenoxy) is 1. The van der Waals surface area contributed by atoms with E-state index in [4.69, 9.17) is 16.3 Å². The molecule has 0 heterocycles. The maximum absolute atomic E-state index is 17.2. The van der Waals surface area contributed by atoms with E-state index in [0.29, 0.717) is 6.42 Å². The molecule has 2 fully saturated rings. The first-order valence-electron chi connectivity index (χ1n) is 11.6. The van der Waals surface area contributed by atoms with Gasteiger partial charge < -0.3 is 9.84 Å². The van der Waals surface area contributed by atoms with E-state index in [1.165, 1.54) is 19.1 Å². The van der Waals surface area contributed by atoms with Gasteiger partial charge in [-0.2, -0.15) is 0 Å². The van der Waals surface area contributed by atoms with Crippen LogP contribution in [0.1, 0.15) is 59.8 Å². The molecule has 182 valence electrons. The molecule has 0 unspecified atom stereocenters. The van der Waals surface area contributed by atoms with E-state index < -0.39 is 69.4 Å². The summed E-state index contributed by atoms with van der Waals surface area (Å²) in [5, 5.41) is 11.4. The quantitative estimate of drug-likeness (QED) is 0.472. The molecule has 0 amide bonds. The summed E-state index contributed by atoms with van der Waals surface area (Å²) in [5.41, 5.74) is -6.41. The summed E-state index contributed by atoms with van der Waals surface area (Å²) in [5.74, 6) is -4.30. The number of alkyl halides is 2. The zero-order valence-electron chi connectivity index (χ0n) is 19.4. The van der Waals surface area contributed by atoms with Gasteiger partial charge in [-0.15, -0.1) is 11.6 Å². The summed E-state index contributed by atoms with van der Waals surface area (Å²) < 4.78 is 38.5. The molecule has 5 nitrogen and oxygen atoms in total. The van der Waals surface area contributed by atoms with Crippen LogP contribution in [-0.2, 0) is 19.1 Å². The lowest BCUT2D eigenvalue weighted by Crippen LogP contribution is -2.70. The fraction of sp³-hybridized carbons (Fsp3) is 0.720. The summed E-state index contributed by atoms with van der Waals surface area (Å²) in [7, 11) is 0. The number of carbonyl (C=O) groups is 3. The number of ketones is 2. The molecule has 2 saturated carbocycles. The molecule has 0 aliphatic heterocycles. The van der Waals surface area contributed by atoms with Gasteiger partial charge in [0.2, 0.25) is 0 Å². The molecule has 0 spiro atoms. The van der Waals surface area contributed by atoms with Gasteiger partial charge in [-0.3, -0.25) is 14.4 Å². The van der Waals surface area contributed by atoms with Crippen LogP contribution in [0.15, 0.2) is 23.6 Å². The van der Waals surface area contributed by atoms with Crippen molar-refractivity contribution in [2.75, 3.05) is 5.88 Å². The number of halogens is 3. The molecule has 4 rings (SSSR count). The zero-order chi connectivity index (χ0) is 24.6. The van der Waals surface area contributed by atoms with Crippen LogP contribution in [0.3, 0.4) is 0 Å². The van der Waals surface area contributed by atoms with E-state index in [9.17, 15) is 19.5 Å². The minimum Gasteiger partial charge on any atom is -0.450 e. The maximum Gasteiger partial charge on any atom is 0.306 e. The molecule has 0 aromatic carbocycles. The van der Waals surface area contributed by atoms with Crippen molar-refractivity contribution in [2.45, 2.75) is 77.2 Å². The minimum atomic E-state index is -2.24. The molecular formula is C25H31ClF2O5. The van der Waals surface area contributed by atoms with Crippen LogP contribution in [0.2, 0.25) is 0 Å². The van der Waals surface area contributed by atoms with E-state index in [2.05, 4.69) is 0 Å². The third kappa shape index (κ3) is 2.87. The van der Waals surface area contributed by atoms with Gasteiger partial charge in [0.15, 0.2) is 22.8 Å². The van der Waals surface area contributed by atoms with E-state index in [0.717, 1.165) is 0 Å². The predicted molar refractivity (Wildman–Crippen MR) is 118 cm³/mol. The van der Waals surface area contributed by atoms with Gasteiger partial charge in [-0.1, -0.05) is 26.8 Å². The number of aliphatic hydroxyl groups is 1. The van der Waals surface area contributed by atoms with Gasteiger partial charge in [0.05, 0.1) is 12.0 Å². The Labute approximate surface area is 197 Å². The molecule has 33 heavy (non-hydrogen) atoms. The van der Waals surface area contributed by atoms with Crippen LogP contribution in [0.5, 0.6) is 0 Å². The Morgan fingerprint density at radius 1 is 1.30 bits per heavy atom. The van der Waals surface area contributed by atoms with Crippen LogP contribution >= 0.6 is 11.6 Å². The van der Waals surface area contributed by atoms with Crippen LogP contribution in [0.25, 0.3) is 0 Å². The van der Waals surface area contributed by atoms with Gasteiger partial charge in [0.1, 0.15) is 5.83 Å². The van der Waals surface area contributed by atoms with Crippen molar-refractivity contribution in [1.29, 1.82) is 0 Å². The Kier molecular flexibility index (Phi) is 5.73. The Morgan fingerprint density at radius 3 is 2.58 bits per heavy atom. The molecule has 0 aromatic heterocycles. The molecule has 0 saturated heterocycles. The SMILES string of the molecule is CCC(=O)O[C@]1(C(=O)CCl)[C@@H](C)C[C@H]2[C@@H]3CC(F)=C4CC(=O)C=C[C@]4(C)[C@@]3(F)[C@@H](O)C[C@@]21C. The molecular weight excluding hydrogens is 454 g/mol. The number of carbonyl (C=O) groups excluding carboxylic acids is 3. The lowest BCUT2D eigenvalue weighted by molar-refractivity contribution is -0.225. The zero-order valence-corrected chi connectivity index (χ0v) is 20.2. The fourth-order valence-corrected chi connectivity index (χ4v) is 7.92. The van der Waals surface area contributed by atoms with Crippen molar-refractivity contribution >= 4 is 29.1 Å². The van der Waals surface area contributed by atoms with Gasteiger partial charge in [0, 0.05) is 41.9 Å². The second-order valence-corrected chi connectivity index (χ2v) is 10.9. The lowest BCUT2D eigenvalue weighted by atomic mass is 9.45. The van der Waals surface area contributed by atoms with Crippen LogP contribution < -0.4 is 0 Å². The number of aliphatic hydroxyl groups excluding tert-OH is 1. The molecule has 0 radical (unpaired) electrons. The second-order valence-electron chi connectivity index (χ2n) is 10.6. The molecule has 4 aliphatic carbocycles. The van der Waals surface area contributed by atoms with Crippen molar-refractivity contribution in [3.8, 4) is 0 Å². The van der Waals surface area contributed by atoms with Gasteiger partial charge in [0.25, 0.3) is 0 Å². The third-order valence-electron chi connectivity index (χ3n) is 9.30. The highest BCUT2D eigenvalue weighted by Gasteiger charge is 2.77. The highest BCUT2D eigenvalue weighted by molar-refractivity contribution is 6.29. The Balaban J connectivity index is 1.89. The van der Waals surface area contributed by atoms with E-state index in [-0.39, 0.29) is 37.0 Å². The van der Waals surface area contributed by atoms with Crippen LogP contribution in [0, 0.1) is 28.6 Å². The summed E-state index contributed by atoms with van der Waals surface area (Å²) in [4.78, 5) is 37.7. The van der Waals surface area contributed by atoms with Crippen molar-refractivity contribution < 1.29 is 33.0 Å². The molecule has 0 aromatic rings. The highest BCUT2D eigenvalue weighted by Crippen LogP contribution is 2.71. The predicted octanol–water partition coefficient (Wildman–Crippen LogP) is 4.40. The third-order valence-corrected chi connectivity index (χ3v) is 9.54. The molecule has 0 bridgehead atoms.